The molecule has 0 radical (unpaired) electrons. The average molecular weight is 282 g/mol. The molecule has 1 aliphatic carbocycles. The van der Waals surface area contributed by atoms with E-state index in [1.54, 1.807) is 11.3 Å². The van der Waals surface area contributed by atoms with Gasteiger partial charge in [-0.1, -0.05) is 18.2 Å². The number of thiophene rings is 1. The predicted octanol–water partition coefficient (Wildman–Crippen LogP) is 4.29. The molecule has 20 heavy (non-hydrogen) atoms. The minimum absolute atomic E-state index is 0.309. The molecule has 100 valence electrons. The molecule has 2 aromatic heterocycles. The third-order valence-corrected chi connectivity index (χ3v) is 4.50. The first-order chi connectivity index (χ1) is 9.90. The van der Waals surface area contributed by atoms with Crippen LogP contribution in [-0.4, -0.2) is 16.1 Å². The van der Waals surface area contributed by atoms with Crippen LogP contribution in [0.25, 0.3) is 21.6 Å². The van der Waals surface area contributed by atoms with Crippen molar-refractivity contribution in [2.75, 3.05) is 0 Å². The molecule has 0 N–H and O–H groups in total. The van der Waals surface area contributed by atoms with Gasteiger partial charge in [-0.25, -0.2) is 9.97 Å². The summed E-state index contributed by atoms with van der Waals surface area (Å²) in [5.74, 6) is 0.677. The largest absolute Gasteiger partial charge is 0.473 e. The third kappa shape index (κ3) is 2.06. The maximum absolute atomic E-state index is 6.05. The number of hydrogen-bond acceptors (Lipinski definition) is 4. The minimum atomic E-state index is 0.309. The Morgan fingerprint density at radius 2 is 1.80 bits per heavy atom. The molecule has 1 aliphatic rings. The second kappa shape index (κ2) is 4.87. The van der Waals surface area contributed by atoms with Crippen molar-refractivity contribution < 1.29 is 4.74 Å². The standard InChI is InChI=1S/C16H14N2OS/c1-2-8-13-12(7-1)17-15(14-9-4-10-20-14)16(18-13)19-11-5-3-6-11/h1-2,4,7-11H,3,5-6H2. The van der Waals surface area contributed by atoms with Gasteiger partial charge in [-0.05, 0) is 42.8 Å². The Labute approximate surface area is 121 Å². The van der Waals surface area contributed by atoms with Gasteiger partial charge in [-0.2, -0.15) is 0 Å². The summed E-state index contributed by atoms with van der Waals surface area (Å²) in [6, 6.07) is 12.0. The topological polar surface area (TPSA) is 35.0 Å². The summed E-state index contributed by atoms with van der Waals surface area (Å²) in [5, 5.41) is 2.05. The van der Waals surface area contributed by atoms with Crippen molar-refractivity contribution in [1.29, 1.82) is 0 Å². The van der Waals surface area contributed by atoms with Gasteiger partial charge in [0.05, 0.1) is 15.9 Å². The molecule has 3 aromatic rings. The lowest BCUT2D eigenvalue weighted by molar-refractivity contribution is 0.115. The van der Waals surface area contributed by atoms with Crippen LogP contribution in [0.2, 0.25) is 0 Å². The van der Waals surface area contributed by atoms with Crippen LogP contribution in [0.4, 0.5) is 0 Å². The van der Waals surface area contributed by atoms with Crippen molar-refractivity contribution in [3.8, 4) is 16.5 Å². The highest BCUT2D eigenvalue weighted by Crippen LogP contribution is 2.34. The van der Waals surface area contributed by atoms with Crippen molar-refractivity contribution in [3.05, 3.63) is 41.8 Å². The first kappa shape index (κ1) is 11.9. The summed E-state index contributed by atoms with van der Waals surface area (Å²) in [4.78, 5) is 10.5. The second-order valence-electron chi connectivity index (χ2n) is 5.01. The molecule has 0 atom stereocenters. The Kier molecular flexibility index (Phi) is 2.89. The molecule has 0 unspecified atom stereocenters. The van der Waals surface area contributed by atoms with Gasteiger partial charge < -0.3 is 4.74 Å². The Hall–Kier alpha value is -1.94. The highest BCUT2D eigenvalue weighted by atomic mass is 32.1. The summed E-state index contributed by atoms with van der Waals surface area (Å²) in [7, 11) is 0. The van der Waals surface area contributed by atoms with Crippen LogP contribution in [0.5, 0.6) is 5.88 Å². The number of para-hydroxylation sites is 2. The molecule has 0 aliphatic heterocycles. The highest BCUT2D eigenvalue weighted by Gasteiger charge is 2.22. The van der Waals surface area contributed by atoms with Crippen LogP contribution in [0, 0.1) is 0 Å². The number of benzene rings is 1. The van der Waals surface area contributed by atoms with Crippen LogP contribution in [0.15, 0.2) is 41.8 Å². The minimum Gasteiger partial charge on any atom is -0.473 e. The molecule has 4 heteroatoms. The van der Waals surface area contributed by atoms with E-state index in [0.717, 1.165) is 34.4 Å². The van der Waals surface area contributed by atoms with E-state index in [1.807, 2.05) is 30.3 Å². The number of aromatic nitrogens is 2. The lowest BCUT2D eigenvalue weighted by Crippen LogP contribution is -2.25. The molecule has 2 heterocycles. The van der Waals surface area contributed by atoms with Crippen LogP contribution < -0.4 is 4.74 Å². The molecule has 3 nitrogen and oxygen atoms in total. The first-order valence-electron chi connectivity index (χ1n) is 6.87. The van der Waals surface area contributed by atoms with Crippen molar-refractivity contribution in [2.45, 2.75) is 25.4 Å². The fourth-order valence-corrected chi connectivity index (χ4v) is 2.99. The van der Waals surface area contributed by atoms with Gasteiger partial charge in [0.2, 0.25) is 5.88 Å². The molecule has 1 fully saturated rings. The summed E-state index contributed by atoms with van der Waals surface area (Å²) < 4.78 is 6.05. The quantitative estimate of drug-likeness (QED) is 0.719. The summed E-state index contributed by atoms with van der Waals surface area (Å²) in [5.41, 5.74) is 2.67. The van der Waals surface area contributed by atoms with E-state index in [0.29, 0.717) is 12.0 Å². The zero-order valence-electron chi connectivity index (χ0n) is 11.0. The lowest BCUT2D eigenvalue weighted by atomic mass is 9.96. The monoisotopic (exact) mass is 282 g/mol. The van der Waals surface area contributed by atoms with Gasteiger partial charge in [-0.15, -0.1) is 11.3 Å². The Morgan fingerprint density at radius 1 is 1.00 bits per heavy atom. The first-order valence-corrected chi connectivity index (χ1v) is 7.75. The molecule has 4 rings (SSSR count). The maximum atomic E-state index is 6.05. The summed E-state index contributed by atoms with van der Waals surface area (Å²) >= 11 is 1.67. The van der Waals surface area contributed by atoms with Crippen LogP contribution in [-0.2, 0) is 0 Å². The lowest BCUT2D eigenvalue weighted by Gasteiger charge is -2.26. The van der Waals surface area contributed by atoms with Crippen LogP contribution >= 0.6 is 11.3 Å². The average Bonchev–Trinajstić information content (AvgIpc) is 2.96. The molecular formula is C16H14N2OS. The van der Waals surface area contributed by atoms with Gasteiger partial charge in [0.25, 0.3) is 0 Å². The Morgan fingerprint density at radius 3 is 2.45 bits per heavy atom. The fraction of sp³-hybridized carbons (Fsp3) is 0.250. The van der Waals surface area contributed by atoms with Crippen molar-refractivity contribution in [3.63, 3.8) is 0 Å². The van der Waals surface area contributed by atoms with E-state index in [1.165, 1.54) is 6.42 Å². The van der Waals surface area contributed by atoms with E-state index in [9.17, 15) is 0 Å². The number of rotatable bonds is 3. The maximum Gasteiger partial charge on any atom is 0.242 e. The number of nitrogens with zero attached hydrogens (tertiary/aromatic N) is 2. The predicted molar refractivity (Wildman–Crippen MR) is 81.1 cm³/mol. The van der Waals surface area contributed by atoms with E-state index in [2.05, 4.69) is 16.4 Å². The number of fused-ring (bicyclic) bond motifs is 1. The van der Waals surface area contributed by atoms with Gasteiger partial charge in [-0.3, -0.25) is 0 Å². The molecule has 0 saturated heterocycles. The SMILES string of the molecule is c1csc(-c2nc3ccccc3nc2OC2CCC2)c1. The van der Waals surface area contributed by atoms with Crippen molar-refractivity contribution >= 4 is 22.4 Å². The van der Waals surface area contributed by atoms with Gasteiger partial charge in [0, 0.05) is 0 Å². The zero-order valence-corrected chi connectivity index (χ0v) is 11.8. The Bertz CT molecular complexity index is 735. The van der Waals surface area contributed by atoms with Gasteiger partial charge in [0.1, 0.15) is 11.8 Å². The molecule has 1 saturated carbocycles. The number of hydrogen-bond donors (Lipinski definition) is 0. The van der Waals surface area contributed by atoms with Gasteiger partial charge in [0.15, 0.2) is 0 Å². The normalized spacial score (nSPS) is 15.2. The highest BCUT2D eigenvalue weighted by molar-refractivity contribution is 7.13. The fourth-order valence-electron chi connectivity index (χ4n) is 2.29. The summed E-state index contributed by atoms with van der Waals surface area (Å²) in [6.45, 7) is 0. The molecule has 1 aromatic carbocycles. The smallest absolute Gasteiger partial charge is 0.242 e. The van der Waals surface area contributed by atoms with E-state index in [4.69, 9.17) is 9.72 Å². The van der Waals surface area contributed by atoms with Crippen LogP contribution in [0.1, 0.15) is 19.3 Å². The number of ether oxygens (including phenoxy) is 1. The molecule has 0 bridgehead atoms. The second-order valence-corrected chi connectivity index (χ2v) is 5.96. The summed E-state index contributed by atoms with van der Waals surface area (Å²) in [6.07, 6.45) is 3.81. The molecular weight excluding hydrogens is 268 g/mol. The van der Waals surface area contributed by atoms with Crippen molar-refractivity contribution in [2.24, 2.45) is 0 Å². The van der Waals surface area contributed by atoms with E-state index in [-0.39, 0.29) is 0 Å². The van der Waals surface area contributed by atoms with E-state index >= 15 is 0 Å². The third-order valence-electron chi connectivity index (χ3n) is 3.62. The molecule has 0 amide bonds. The van der Waals surface area contributed by atoms with Gasteiger partial charge >= 0.3 is 0 Å². The van der Waals surface area contributed by atoms with Crippen LogP contribution in [0.3, 0.4) is 0 Å². The van der Waals surface area contributed by atoms with E-state index < -0.39 is 0 Å². The molecule has 0 spiro atoms. The van der Waals surface area contributed by atoms with Crippen molar-refractivity contribution in [1.82, 2.24) is 9.97 Å². The zero-order chi connectivity index (χ0) is 13.4. The Balaban J connectivity index is 1.86.